The molecule has 1 fully saturated rings. The van der Waals surface area contributed by atoms with Gasteiger partial charge in [0.1, 0.15) is 0 Å². The minimum Gasteiger partial charge on any atom is -0.394 e. The summed E-state index contributed by atoms with van der Waals surface area (Å²) in [5.74, 6) is 0. The van der Waals surface area contributed by atoms with Crippen molar-refractivity contribution in [3.8, 4) is 0 Å². The van der Waals surface area contributed by atoms with Gasteiger partial charge in [-0.05, 0) is 44.0 Å². The average molecular weight is 300 g/mol. The zero-order valence-corrected chi connectivity index (χ0v) is 11.5. The first kappa shape index (κ1) is 12.9. The van der Waals surface area contributed by atoms with Crippen LogP contribution in [0.15, 0.2) is 28.7 Å². The molecule has 0 radical (unpaired) electrons. The van der Waals surface area contributed by atoms with Crippen molar-refractivity contribution in [1.29, 1.82) is 0 Å². The molecule has 2 rings (SSSR count). The van der Waals surface area contributed by atoms with Gasteiger partial charge in [-0.2, -0.15) is 0 Å². The maximum absolute atomic E-state index is 9.51. The lowest BCUT2D eigenvalue weighted by atomic mass is 9.74. The van der Waals surface area contributed by atoms with Gasteiger partial charge in [0.2, 0.25) is 0 Å². The van der Waals surface area contributed by atoms with Crippen molar-refractivity contribution in [3.05, 3.63) is 28.7 Å². The molecule has 0 heterocycles. The molecule has 0 bridgehead atoms. The smallest absolute Gasteiger partial charge is 0.0663 e. The van der Waals surface area contributed by atoms with Gasteiger partial charge in [-0.3, -0.25) is 0 Å². The van der Waals surface area contributed by atoms with Crippen LogP contribution in [0, 0.1) is 0 Å². The van der Waals surface area contributed by atoms with E-state index >= 15 is 0 Å². The van der Waals surface area contributed by atoms with E-state index in [1.165, 1.54) is 0 Å². The van der Waals surface area contributed by atoms with E-state index in [1.807, 2.05) is 31.2 Å². The van der Waals surface area contributed by atoms with E-state index in [4.69, 9.17) is 4.74 Å². The molecule has 4 heteroatoms. The minimum absolute atomic E-state index is 0.145. The number of hydrogen-bond acceptors (Lipinski definition) is 3. The molecule has 0 amide bonds. The van der Waals surface area contributed by atoms with E-state index in [9.17, 15) is 5.11 Å². The van der Waals surface area contributed by atoms with Gasteiger partial charge in [-0.1, -0.05) is 15.9 Å². The first-order chi connectivity index (χ1) is 8.17. The highest BCUT2D eigenvalue weighted by atomic mass is 79.9. The lowest BCUT2D eigenvalue weighted by molar-refractivity contribution is -0.0458. The molecule has 0 spiro atoms. The third-order valence-corrected chi connectivity index (χ3v) is 3.72. The number of benzene rings is 1. The zero-order valence-electron chi connectivity index (χ0n) is 9.95. The Hall–Kier alpha value is -0.580. The van der Waals surface area contributed by atoms with Crippen LogP contribution in [-0.4, -0.2) is 30.0 Å². The van der Waals surface area contributed by atoms with E-state index in [1.54, 1.807) is 0 Å². The molecule has 1 aromatic rings. The number of aliphatic hydroxyl groups excluding tert-OH is 1. The highest BCUT2D eigenvalue weighted by molar-refractivity contribution is 9.10. The van der Waals surface area contributed by atoms with E-state index in [2.05, 4.69) is 21.2 Å². The Labute approximate surface area is 110 Å². The van der Waals surface area contributed by atoms with Crippen LogP contribution in [0.2, 0.25) is 0 Å². The summed E-state index contributed by atoms with van der Waals surface area (Å²) in [5.41, 5.74) is 0.838. The fourth-order valence-electron chi connectivity index (χ4n) is 2.28. The third-order valence-electron chi connectivity index (χ3n) is 3.20. The van der Waals surface area contributed by atoms with Gasteiger partial charge >= 0.3 is 0 Å². The minimum atomic E-state index is -0.201. The molecule has 1 aromatic carbocycles. The molecule has 1 aliphatic rings. The molecular formula is C13H18BrNO2. The van der Waals surface area contributed by atoms with Crippen LogP contribution in [-0.2, 0) is 4.74 Å². The van der Waals surface area contributed by atoms with Crippen LogP contribution in [0.25, 0.3) is 0 Å². The third kappa shape index (κ3) is 3.00. The Morgan fingerprint density at radius 2 is 2.06 bits per heavy atom. The van der Waals surface area contributed by atoms with Crippen LogP contribution in [0.3, 0.4) is 0 Å². The molecule has 94 valence electrons. The van der Waals surface area contributed by atoms with E-state index in [-0.39, 0.29) is 18.2 Å². The topological polar surface area (TPSA) is 41.5 Å². The van der Waals surface area contributed by atoms with Crippen LogP contribution < -0.4 is 5.32 Å². The number of hydrogen-bond donors (Lipinski definition) is 2. The van der Waals surface area contributed by atoms with Gasteiger partial charge in [0.05, 0.1) is 18.2 Å². The monoisotopic (exact) mass is 299 g/mol. The van der Waals surface area contributed by atoms with Gasteiger partial charge in [-0.25, -0.2) is 0 Å². The van der Waals surface area contributed by atoms with Gasteiger partial charge < -0.3 is 15.2 Å². The van der Waals surface area contributed by atoms with Crippen molar-refractivity contribution in [2.75, 3.05) is 18.5 Å². The lowest BCUT2D eigenvalue weighted by Gasteiger charge is -2.47. The Kier molecular flexibility index (Phi) is 4.07. The standard InChI is InChI=1S/C13H18BrNO2/c1-2-17-12-7-13(8-12,9-16)15-11-5-3-10(14)4-6-11/h3-6,12,15-16H,2,7-9H2,1H3. The van der Waals surface area contributed by atoms with Crippen LogP contribution in [0.5, 0.6) is 0 Å². The average Bonchev–Trinajstić information content (AvgIpc) is 2.29. The molecule has 0 aromatic heterocycles. The normalized spacial score (nSPS) is 27.6. The number of halogens is 1. The van der Waals surface area contributed by atoms with E-state index in [0.29, 0.717) is 0 Å². The molecule has 1 aliphatic carbocycles. The summed E-state index contributed by atoms with van der Waals surface area (Å²) in [5, 5.41) is 12.9. The summed E-state index contributed by atoms with van der Waals surface area (Å²) in [6.45, 7) is 2.89. The van der Waals surface area contributed by atoms with Gasteiger partial charge in [0.25, 0.3) is 0 Å². The lowest BCUT2D eigenvalue weighted by Crippen LogP contribution is -2.56. The first-order valence-corrected chi connectivity index (χ1v) is 6.73. The Balaban J connectivity index is 1.95. The zero-order chi connectivity index (χ0) is 12.3. The molecule has 2 N–H and O–H groups in total. The summed E-state index contributed by atoms with van der Waals surface area (Å²) >= 11 is 3.41. The number of ether oxygens (including phenoxy) is 1. The summed E-state index contributed by atoms with van der Waals surface area (Å²) in [6, 6.07) is 8.00. The number of aliphatic hydroxyl groups is 1. The quantitative estimate of drug-likeness (QED) is 0.878. The number of rotatable bonds is 5. The summed E-state index contributed by atoms with van der Waals surface area (Å²) in [7, 11) is 0. The summed E-state index contributed by atoms with van der Waals surface area (Å²) in [4.78, 5) is 0. The number of anilines is 1. The second-order valence-corrected chi connectivity index (χ2v) is 5.47. The van der Waals surface area contributed by atoms with Gasteiger partial charge in [0, 0.05) is 16.8 Å². The summed E-state index contributed by atoms with van der Waals surface area (Å²) in [6.07, 6.45) is 2.02. The predicted molar refractivity (Wildman–Crippen MR) is 72.2 cm³/mol. The van der Waals surface area contributed by atoms with Crippen molar-refractivity contribution in [2.45, 2.75) is 31.4 Å². The SMILES string of the molecule is CCOC1CC(CO)(Nc2ccc(Br)cc2)C1. The summed E-state index contributed by atoms with van der Waals surface area (Å²) < 4.78 is 6.59. The molecule has 0 aliphatic heterocycles. The maximum atomic E-state index is 9.51. The highest BCUT2D eigenvalue weighted by Gasteiger charge is 2.44. The number of nitrogens with one attached hydrogen (secondary N) is 1. The largest absolute Gasteiger partial charge is 0.394 e. The van der Waals surface area contributed by atoms with Crippen LogP contribution >= 0.6 is 15.9 Å². The molecule has 1 saturated carbocycles. The fourth-order valence-corrected chi connectivity index (χ4v) is 2.54. The maximum Gasteiger partial charge on any atom is 0.0663 e. The van der Waals surface area contributed by atoms with Crippen molar-refractivity contribution < 1.29 is 9.84 Å². The second-order valence-electron chi connectivity index (χ2n) is 4.56. The Morgan fingerprint density at radius 3 is 2.59 bits per heavy atom. The van der Waals surface area contributed by atoms with Crippen molar-refractivity contribution in [2.24, 2.45) is 0 Å². The van der Waals surface area contributed by atoms with Crippen molar-refractivity contribution in [3.63, 3.8) is 0 Å². The molecule has 0 atom stereocenters. The second kappa shape index (κ2) is 5.38. The van der Waals surface area contributed by atoms with E-state index < -0.39 is 0 Å². The van der Waals surface area contributed by atoms with Crippen LogP contribution in [0.4, 0.5) is 5.69 Å². The fraction of sp³-hybridized carbons (Fsp3) is 0.538. The highest BCUT2D eigenvalue weighted by Crippen LogP contribution is 2.37. The first-order valence-electron chi connectivity index (χ1n) is 5.94. The predicted octanol–water partition coefficient (Wildman–Crippen LogP) is 2.79. The Bertz CT molecular complexity index is 360. The van der Waals surface area contributed by atoms with Gasteiger partial charge in [0.15, 0.2) is 0 Å². The van der Waals surface area contributed by atoms with Crippen molar-refractivity contribution >= 4 is 21.6 Å². The Morgan fingerprint density at radius 1 is 1.41 bits per heavy atom. The molecule has 17 heavy (non-hydrogen) atoms. The van der Waals surface area contributed by atoms with E-state index in [0.717, 1.165) is 29.6 Å². The molecule has 3 nitrogen and oxygen atoms in total. The molecule has 0 saturated heterocycles. The van der Waals surface area contributed by atoms with Crippen LogP contribution in [0.1, 0.15) is 19.8 Å². The molecule has 0 unspecified atom stereocenters. The molecular weight excluding hydrogens is 282 g/mol. The van der Waals surface area contributed by atoms with Gasteiger partial charge in [-0.15, -0.1) is 0 Å². The van der Waals surface area contributed by atoms with Crippen molar-refractivity contribution in [1.82, 2.24) is 0 Å².